The molecule has 0 saturated heterocycles. The Morgan fingerprint density at radius 2 is 2.11 bits per heavy atom. The largest absolute Gasteiger partial charge is 0.382 e. The second-order valence-electron chi connectivity index (χ2n) is 3.72. The van der Waals surface area contributed by atoms with Crippen LogP contribution in [0, 0.1) is 5.41 Å². The van der Waals surface area contributed by atoms with Crippen molar-refractivity contribution in [3.05, 3.63) is 29.6 Å². The van der Waals surface area contributed by atoms with Crippen LogP contribution in [0.4, 0.5) is 0 Å². The topological polar surface area (TPSA) is 106 Å². The number of aryl methyl sites for hydroxylation is 2. The average molecular weight is 245 g/mol. The summed E-state index contributed by atoms with van der Waals surface area (Å²) in [7, 11) is 0. The predicted octanol–water partition coefficient (Wildman–Crippen LogP) is 0.466. The Kier molecular flexibility index (Phi) is 3.31. The van der Waals surface area contributed by atoms with Gasteiger partial charge in [-0.05, 0) is 6.07 Å². The van der Waals surface area contributed by atoms with E-state index >= 15 is 0 Å². The molecule has 0 aliphatic heterocycles. The Bertz CT molecular complexity index is 573. The van der Waals surface area contributed by atoms with Crippen molar-refractivity contribution in [2.45, 2.75) is 26.7 Å². The fourth-order valence-corrected chi connectivity index (χ4v) is 1.53. The van der Waals surface area contributed by atoms with Crippen LogP contribution in [0.5, 0.6) is 0 Å². The zero-order valence-electron chi connectivity index (χ0n) is 10.4. The van der Waals surface area contributed by atoms with Crippen LogP contribution in [0.1, 0.15) is 31.2 Å². The summed E-state index contributed by atoms with van der Waals surface area (Å²) in [5.41, 5.74) is 5.80. The molecule has 0 aliphatic carbocycles. The van der Waals surface area contributed by atoms with E-state index in [9.17, 15) is 0 Å². The first kappa shape index (κ1) is 12.2. The Morgan fingerprint density at radius 1 is 1.33 bits per heavy atom. The lowest BCUT2D eigenvalue weighted by atomic mass is 10.4. The molecule has 7 nitrogen and oxygen atoms in total. The van der Waals surface area contributed by atoms with Gasteiger partial charge in [-0.1, -0.05) is 13.8 Å². The molecular weight excluding hydrogens is 230 g/mol. The van der Waals surface area contributed by atoms with Gasteiger partial charge in [0, 0.05) is 19.0 Å². The molecular formula is C11H15N7. The number of hydrogen-bond donors (Lipinski definition) is 2. The van der Waals surface area contributed by atoms with Gasteiger partial charge in [0.05, 0.1) is 0 Å². The SMILES string of the molecule is CCc1nc(CC)n(-c2nccc(C(=N)N)n2)n1. The minimum Gasteiger partial charge on any atom is -0.382 e. The van der Waals surface area contributed by atoms with E-state index in [0.29, 0.717) is 11.6 Å². The molecule has 2 aromatic rings. The van der Waals surface area contributed by atoms with Gasteiger partial charge in [0.1, 0.15) is 17.4 Å². The van der Waals surface area contributed by atoms with E-state index in [0.717, 1.165) is 24.5 Å². The molecule has 0 saturated carbocycles. The Hall–Kier alpha value is -2.31. The molecule has 0 bridgehead atoms. The highest BCUT2D eigenvalue weighted by Crippen LogP contribution is 2.07. The maximum absolute atomic E-state index is 7.38. The van der Waals surface area contributed by atoms with Crippen LogP contribution in [-0.2, 0) is 12.8 Å². The smallest absolute Gasteiger partial charge is 0.252 e. The summed E-state index contributed by atoms with van der Waals surface area (Å²) in [6.07, 6.45) is 3.05. The number of amidine groups is 1. The van der Waals surface area contributed by atoms with Crippen LogP contribution < -0.4 is 5.73 Å². The molecule has 0 fully saturated rings. The van der Waals surface area contributed by atoms with Gasteiger partial charge in [0.15, 0.2) is 5.82 Å². The first-order chi connectivity index (χ1) is 8.65. The van der Waals surface area contributed by atoms with Gasteiger partial charge in [0.2, 0.25) is 0 Å². The van der Waals surface area contributed by atoms with E-state index in [1.807, 2.05) is 13.8 Å². The highest BCUT2D eigenvalue weighted by atomic mass is 15.4. The quantitative estimate of drug-likeness (QED) is 0.601. The minimum atomic E-state index is -0.0903. The van der Waals surface area contributed by atoms with E-state index in [-0.39, 0.29) is 5.84 Å². The fraction of sp³-hybridized carbons (Fsp3) is 0.364. The lowest BCUT2D eigenvalue weighted by Gasteiger charge is -2.03. The number of rotatable bonds is 4. The number of nitrogen functional groups attached to an aromatic ring is 1. The van der Waals surface area contributed by atoms with Crippen molar-refractivity contribution in [2.75, 3.05) is 0 Å². The Balaban J connectivity index is 2.50. The summed E-state index contributed by atoms with van der Waals surface area (Å²) in [6, 6.07) is 1.59. The van der Waals surface area contributed by atoms with Gasteiger partial charge in [0.25, 0.3) is 5.95 Å². The fourth-order valence-electron chi connectivity index (χ4n) is 1.53. The molecule has 0 spiro atoms. The van der Waals surface area contributed by atoms with Crippen LogP contribution in [0.3, 0.4) is 0 Å². The maximum atomic E-state index is 7.38. The van der Waals surface area contributed by atoms with Gasteiger partial charge in [-0.2, -0.15) is 4.68 Å². The Labute approximate surface area is 105 Å². The molecule has 18 heavy (non-hydrogen) atoms. The van der Waals surface area contributed by atoms with Crippen LogP contribution in [-0.4, -0.2) is 30.6 Å². The van der Waals surface area contributed by atoms with Crippen molar-refractivity contribution in [3.8, 4) is 5.95 Å². The molecule has 2 aromatic heterocycles. The van der Waals surface area contributed by atoms with Crippen LogP contribution in [0.25, 0.3) is 5.95 Å². The van der Waals surface area contributed by atoms with Crippen LogP contribution >= 0.6 is 0 Å². The van der Waals surface area contributed by atoms with Crippen molar-refractivity contribution in [3.63, 3.8) is 0 Å². The summed E-state index contributed by atoms with van der Waals surface area (Å²) < 4.78 is 1.60. The summed E-state index contributed by atoms with van der Waals surface area (Å²) in [6.45, 7) is 3.99. The molecule has 2 rings (SSSR count). The molecule has 0 atom stereocenters. The summed E-state index contributed by atoms with van der Waals surface area (Å²) in [4.78, 5) is 12.7. The third kappa shape index (κ3) is 2.20. The molecule has 7 heteroatoms. The monoisotopic (exact) mass is 245 g/mol. The van der Waals surface area contributed by atoms with Crippen molar-refractivity contribution in [1.82, 2.24) is 24.7 Å². The standard InChI is InChI=1S/C11H15N7/c1-3-8-16-9(4-2)18(17-8)11-14-6-5-7(15-11)10(12)13/h5-6H,3-4H2,1-2H3,(H3,12,13). The molecule has 0 unspecified atom stereocenters. The van der Waals surface area contributed by atoms with Crippen LogP contribution in [0.15, 0.2) is 12.3 Å². The van der Waals surface area contributed by atoms with Gasteiger partial charge in [-0.3, -0.25) is 5.41 Å². The van der Waals surface area contributed by atoms with E-state index in [1.54, 1.807) is 16.9 Å². The van der Waals surface area contributed by atoms with E-state index < -0.39 is 0 Å². The van der Waals surface area contributed by atoms with Crippen molar-refractivity contribution < 1.29 is 0 Å². The first-order valence-electron chi connectivity index (χ1n) is 5.78. The number of nitrogens with two attached hydrogens (primary N) is 1. The van der Waals surface area contributed by atoms with Crippen LogP contribution in [0.2, 0.25) is 0 Å². The molecule has 0 aromatic carbocycles. The molecule has 94 valence electrons. The lowest BCUT2D eigenvalue weighted by Crippen LogP contribution is -2.16. The van der Waals surface area contributed by atoms with Gasteiger partial charge in [-0.15, -0.1) is 5.10 Å². The number of hydrogen-bond acceptors (Lipinski definition) is 5. The first-order valence-corrected chi connectivity index (χ1v) is 5.78. The second-order valence-corrected chi connectivity index (χ2v) is 3.72. The summed E-state index contributed by atoms with van der Waals surface area (Å²) in [5.74, 6) is 1.86. The maximum Gasteiger partial charge on any atom is 0.252 e. The lowest BCUT2D eigenvalue weighted by molar-refractivity contribution is 0.741. The van der Waals surface area contributed by atoms with Crippen molar-refractivity contribution >= 4 is 5.84 Å². The highest BCUT2D eigenvalue weighted by molar-refractivity contribution is 5.92. The third-order valence-corrected chi connectivity index (χ3v) is 2.46. The number of nitrogens with one attached hydrogen (secondary N) is 1. The van der Waals surface area contributed by atoms with Crippen molar-refractivity contribution in [2.24, 2.45) is 5.73 Å². The number of aromatic nitrogens is 5. The van der Waals surface area contributed by atoms with Gasteiger partial charge in [-0.25, -0.2) is 15.0 Å². The second kappa shape index (κ2) is 4.91. The average Bonchev–Trinajstić information content (AvgIpc) is 2.82. The summed E-state index contributed by atoms with van der Waals surface area (Å²) in [5, 5.41) is 11.7. The molecule has 3 N–H and O–H groups in total. The van der Waals surface area contributed by atoms with Crippen molar-refractivity contribution in [1.29, 1.82) is 5.41 Å². The third-order valence-electron chi connectivity index (χ3n) is 2.46. The van der Waals surface area contributed by atoms with Gasteiger partial charge >= 0.3 is 0 Å². The summed E-state index contributed by atoms with van der Waals surface area (Å²) >= 11 is 0. The van der Waals surface area contributed by atoms with E-state index in [4.69, 9.17) is 11.1 Å². The molecule has 0 aliphatic rings. The molecule has 2 heterocycles. The normalized spacial score (nSPS) is 10.6. The van der Waals surface area contributed by atoms with Gasteiger partial charge < -0.3 is 5.73 Å². The predicted molar refractivity (Wildman–Crippen MR) is 66.7 cm³/mol. The van der Waals surface area contributed by atoms with E-state index in [2.05, 4.69) is 20.1 Å². The number of nitrogens with zero attached hydrogens (tertiary/aromatic N) is 5. The molecule has 0 amide bonds. The minimum absolute atomic E-state index is 0.0903. The highest BCUT2D eigenvalue weighted by Gasteiger charge is 2.12. The van der Waals surface area contributed by atoms with E-state index in [1.165, 1.54) is 0 Å². The zero-order chi connectivity index (χ0) is 13.1. The molecule has 0 radical (unpaired) electrons. The zero-order valence-corrected chi connectivity index (χ0v) is 10.4. The Morgan fingerprint density at radius 3 is 2.72 bits per heavy atom.